The van der Waals surface area contributed by atoms with E-state index in [2.05, 4.69) is 15.4 Å². The Morgan fingerprint density at radius 2 is 1.79 bits per heavy atom. The van der Waals surface area contributed by atoms with Gasteiger partial charge in [-0.3, -0.25) is 14.4 Å². The minimum atomic E-state index is -0.989. The van der Waals surface area contributed by atoms with Crippen LogP contribution in [0.1, 0.15) is 71.0 Å². The molecule has 0 fully saturated rings. The molecule has 0 spiro atoms. The van der Waals surface area contributed by atoms with E-state index >= 15 is 0 Å². The molecule has 190 valence electrons. The van der Waals surface area contributed by atoms with Crippen LogP contribution in [0.25, 0.3) is 0 Å². The molecule has 9 heteroatoms. The molecule has 1 rings (SSSR count). The zero-order chi connectivity index (χ0) is 25.9. The predicted octanol–water partition coefficient (Wildman–Crippen LogP) is 3.26. The number of aryl methyl sites for hydroxylation is 1. The lowest BCUT2D eigenvalue weighted by Gasteiger charge is -2.33. The molecule has 3 amide bonds. The maximum atomic E-state index is 13.5. The fraction of sp³-hybridized carbons (Fsp3) is 0.600. The summed E-state index contributed by atoms with van der Waals surface area (Å²) in [5, 5.41) is 5.13. The van der Waals surface area contributed by atoms with Crippen molar-refractivity contribution in [3.8, 4) is 0 Å². The van der Waals surface area contributed by atoms with Gasteiger partial charge >= 0.3 is 12.1 Å². The van der Waals surface area contributed by atoms with Crippen molar-refractivity contribution in [1.29, 1.82) is 0 Å². The topological polar surface area (TPSA) is 114 Å². The number of carbonyl (C=O) groups is 4. The smallest absolute Gasteiger partial charge is 0.408 e. The van der Waals surface area contributed by atoms with E-state index in [4.69, 9.17) is 4.74 Å². The third-order valence-corrected chi connectivity index (χ3v) is 4.94. The SMILES string of the molecule is CCCCCN(C(=O)C(C)NC(=O)OC(C)(C)C)C(C(=O)NCC(=O)OC)c1cccc(C)c1. The van der Waals surface area contributed by atoms with Crippen molar-refractivity contribution < 1.29 is 28.7 Å². The molecular formula is C25H39N3O6. The molecule has 0 bridgehead atoms. The van der Waals surface area contributed by atoms with Crippen molar-refractivity contribution in [2.75, 3.05) is 20.2 Å². The summed E-state index contributed by atoms with van der Waals surface area (Å²) in [6.07, 6.45) is 1.75. The second-order valence-corrected chi connectivity index (χ2v) is 9.22. The molecular weight excluding hydrogens is 438 g/mol. The van der Waals surface area contributed by atoms with Crippen LogP contribution >= 0.6 is 0 Å². The van der Waals surface area contributed by atoms with Gasteiger partial charge in [0.25, 0.3) is 0 Å². The Bertz CT molecular complexity index is 849. The Kier molecular flexibility index (Phi) is 11.5. The van der Waals surface area contributed by atoms with Gasteiger partial charge in [-0.25, -0.2) is 4.79 Å². The van der Waals surface area contributed by atoms with Gasteiger partial charge in [0.2, 0.25) is 11.8 Å². The Morgan fingerprint density at radius 3 is 2.35 bits per heavy atom. The zero-order valence-electron chi connectivity index (χ0n) is 21.4. The van der Waals surface area contributed by atoms with Crippen molar-refractivity contribution in [3.63, 3.8) is 0 Å². The van der Waals surface area contributed by atoms with Crippen LogP contribution in [0.4, 0.5) is 4.79 Å². The highest BCUT2D eigenvalue weighted by Gasteiger charge is 2.34. The highest BCUT2D eigenvalue weighted by molar-refractivity contribution is 5.93. The monoisotopic (exact) mass is 477 g/mol. The van der Waals surface area contributed by atoms with Gasteiger partial charge in [0.1, 0.15) is 24.2 Å². The number of amides is 3. The minimum absolute atomic E-state index is 0.303. The number of hydrogen-bond acceptors (Lipinski definition) is 6. The molecule has 0 heterocycles. The number of nitrogens with one attached hydrogen (secondary N) is 2. The van der Waals surface area contributed by atoms with Crippen molar-refractivity contribution in [1.82, 2.24) is 15.5 Å². The maximum Gasteiger partial charge on any atom is 0.408 e. The van der Waals surface area contributed by atoms with Gasteiger partial charge in [0.05, 0.1) is 7.11 Å². The summed E-state index contributed by atoms with van der Waals surface area (Å²) in [5.74, 6) is -1.54. The van der Waals surface area contributed by atoms with Crippen LogP contribution in [-0.2, 0) is 23.9 Å². The number of hydrogen-bond donors (Lipinski definition) is 2. The van der Waals surface area contributed by atoms with Crippen molar-refractivity contribution in [2.45, 2.75) is 78.5 Å². The van der Waals surface area contributed by atoms with E-state index in [-0.39, 0.29) is 6.54 Å². The summed E-state index contributed by atoms with van der Waals surface area (Å²) in [7, 11) is 1.23. The quantitative estimate of drug-likeness (QED) is 0.374. The van der Waals surface area contributed by atoms with Crippen molar-refractivity contribution in [3.05, 3.63) is 35.4 Å². The van der Waals surface area contributed by atoms with Crippen LogP contribution in [0.5, 0.6) is 0 Å². The van der Waals surface area contributed by atoms with E-state index < -0.39 is 41.6 Å². The van der Waals surface area contributed by atoms with Crippen molar-refractivity contribution >= 4 is 23.9 Å². The first kappa shape index (κ1) is 28.9. The summed E-state index contributed by atoms with van der Waals surface area (Å²) in [5.41, 5.74) is 0.812. The van der Waals surface area contributed by atoms with Gasteiger partial charge in [-0.1, -0.05) is 49.6 Å². The Hall–Kier alpha value is -3.10. The number of carbonyl (C=O) groups excluding carboxylic acids is 4. The van der Waals surface area contributed by atoms with Gasteiger partial charge in [0, 0.05) is 6.54 Å². The molecule has 0 aliphatic heterocycles. The lowest BCUT2D eigenvalue weighted by atomic mass is 10.0. The predicted molar refractivity (Wildman–Crippen MR) is 129 cm³/mol. The molecule has 0 saturated carbocycles. The molecule has 0 aliphatic carbocycles. The van der Waals surface area contributed by atoms with Gasteiger partial charge < -0.3 is 25.0 Å². The Labute approximate surface area is 202 Å². The Morgan fingerprint density at radius 1 is 1.12 bits per heavy atom. The first-order valence-corrected chi connectivity index (χ1v) is 11.6. The first-order chi connectivity index (χ1) is 15.9. The van der Waals surface area contributed by atoms with E-state index in [0.717, 1.165) is 18.4 Å². The van der Waals surface area contributed by atoms with Crippen LogP contribution < -0.4 is 10.6 Å². The second kappa shape index (κ2) is 13.6. The van der Waals surface area contributed by atoms with Crippen LogP contribution in [0.3, 0.4) is 0 Å². The third-order valence-electron chi connectivity index (χ3n) is 4.94. The van der Waals surface area contributed by atoms with Crippen LogP contribution in [-0.4, -0.2) is 60.6 Å². The third kappa shape index (κ3) is 9.80. The van der Waals surface area contributed by atoms with Crippen LogP contribution in [0.15, 0.2) is 24.3 Å². The standard InChI is InChI=1S/C25H39N3O6/c1-8-9-10-14-28(23(31)18(3)27-24(32)34-25(4,5)6)21(19-13-11-12-17(2)15-19)22(30)26-16-20(29)33-7/h11-13,15,18,21H,8-10,14,16H2,1-7H3,(H,26,30)(H,27,32). The molecule has 34 heavy (non-hydrogen) atoms. The molecule has 0 radical (unpaired) electrons. The molecule has 2 atom stereocenters. The van der Waals surface area contributed by atoms with Gasteiger partial charge in [-0.15, -0.1) is 0 Å². The fourth-order valence-corrected chi connectivity index (χ4v) is 3.33. The maximum absolute atomic E-state index is 13.5. The van der Waals surface area contributed by atoms with E-state index in [1.54, 1.807) is 33.8 Å². The summed E-state index contributed by atoms with van der Waals surface area (Å²) in [6.45, 7) is 10.7. The van der Waals surface area contributed by atoms with Crippen molar-refractivity contribution in [2.24, 2.45) is 0 Å². The molecule has 0 saturated heterocycles. The molecule has 2 N–H and O–H groups in total. The summed E-state index contributed by atoms with van der Waals surface area (Å²) in [4.78, 5) is 52.1. The lowest BCUT2D eigenvalue weighted by molar-refractivity contribution is -0.144. The molecule has 1 aromatic rings. The lowest BCUT2D eigenvalue weighted by Crippen LogP contribution is -2.52. The van der Waals surface area contributed by atoms with Crippen LogP contribution in [0, 0.1) is 6.92 Å². The second-order valence-electron chi connectivity index (χ2n) is 9.22. The number of nitrogens with zero attached hydrogens (tertiary/aromatic N) is 1. The summed E-state index contributed by atoms with van der Waals surface area (Å²) in [6, 6.07) is 5.37. The van der Waals surface area contributed by atoms with E-state index in [1.165, 1.54) is 12.0 Å². The Balaban J connectivity index is 3.28. The minimum Gasteiger partial charge on any atom is -0.468 e. The fourth-order valence-electron chi connectivity index (χ4n) is 3.33. The zero-order valence-corrected chi connectivity index (χ0v) is 21.4. The summed E-state index contributed by atoms with van der Waals surface area (Å²) >= 11 is 0. The molecule has 1 aromatic carbocycles. The molecule has 0 aliphatic rings. The normalized spacial score (nSPS) is 12.8. The van der Waals surface area contributed by atoms with E-state index in [0.29, 0.717) is 18.5 Å². The highest BCUT2D eigenvalue weighted by atomic mass is 16.6. The van der Waals surface area contributed by atoms with Gasteiger partial charge in [0.15, 0.2) is 0 Å². The highest BCUT2D eigenvalue weighted by Crippen LogP contribution is 2.24. The molecule has 9 nitrogen and oxygen atoms in total. The molecule has 0 aromatic heterocycles. The number of methoxy groups -OCH3 is 1. The first-order valence-electron chi connectivity index (χ1n) is 11.6. The number of unbranched alkanes of at least 4 members (excludes halogenated alkanes) is 2. The number of alkyl carbamates (subject to hydrolysis) is 1. The van der Waals surface area contributed by atoms with Gasteiger partial charge in [-0.2, -0.15) is 0 Å². The molecule has 2 unspecified atom stereocenters. The van der Waals surface area contributed by atoms with Gasteiger partial charge in [-0.05, 0) is 46.6 Å². The number of esters is 1. The van der Waals surface area contributed by atoms with Crippen LogP contribution in [0.2, 0.25) is 0 Å². The number of rotatable bonds is 11. The summed E-state index contributed by atoms with van der Waals surface area (Å²) < 4.78 is 9.89. The average molecular weight is 478 g/mol. The largest absolute Gasteiger partial charge is 0.468 e. The number of ether oxygens (including phenoxy) is 2. The van der Waals surface area contributed by atoms with E-state index in [1.807, 2.05) is 32.0 Å². The van der Waals surface area contributed by atoms with E-state index in [9.17, 15) is 19.2 Å². The average Bonchev–Trinajstić information content (AvgIpc) is 2.74. The number of benzene rings is 1.